The van der Waals surface area contributed by atoms with E-state index in [-0.39, 0.29) is 0 Å². The fourth-order valence-corrected chi connectivity index (χ4v) is 8.72. The molecule has 4 nitrogen and oxygen atoms in total. The maximum absolute atomic E-state index is 6.24. The van der Waals surface area contributed by atoms with Gasteiger partial charge in [0.2, 0.25) is 0 Å². The van der Waals surface area contributed by atoms with E-state index in [0.29, 0.717) is 5.82 Å². The van der Waals surface area contributed by atoms with Crippen LogP contribution >= 0.6 is 0 Å². The van der Waals surface area contributed by atoms with Crippen LogP contribution in [0.4, 0.5) is 0 Å². The molecule has 0 aliphatic rings. The van der Waals surface area contributed by atoms with Crippen LogP contribution in [0.1, 0.15) is 0 Å². The third-order valence-corrected chi connectivity index (χ3v) is 11.9. The van der Waals surface area contributed by atoms with Crippen LogP contribution in [0.5, 0.6) is 0 Å². The molecule has 0 radical (unpaired) electrons. The summed E-state index contributed by atoms with van der Waals surface area (Å²) < 4.78 is 12.5. The van der Waals surface area contributed by atoms with Gasteiger partial charge in [-0.1, -0.05) is 152 Å². The van der Waals surface area contributed by atoms with Gasteiger partial charge in [-0.2, -0.15) is 0 Å². The minimum atomic E-state index is 0.669. The van der Waals surface area contributed by atoms with E-state index in [9.17, 15) is 0 Å². The van der Waals surface area contributed by atoms with E-state index in [1.54, 1.807) is 0 Å². The zero-order valence-corrected chi connectivity index (χ0v) is 33.5. The average Bonchev–Trinajstić information content (AvgIpc) is 3.92. The van der Waals surface area contributed by atoms with E-state index >= 15 is 0 Å². The van der Waals surface area contributed by atoms with Crippen molar-refractivity contribution in [3.05, 3.63) is 218 Å². The van der Waals surface area contributed by atoms with E-state index in [1.807, 2.05) is 42.5 Å². The van der Waals surface area contributed by atoms with Gasteiger partial charge in [-0.25, -0.2) is 9.97 Å². The Kier molecular flexibility index (Phi) is 8.46. The molecule has 9 aromatic carbocycles. The Balaban J connectivity index is 1.02. The van der Waals surface area contributed by atoms with Gasteiger partial charge in [0, 0.05) is 38.2 Å². The zero-order chi connectivity index (χ0) is 41.0. The van der Waals surface area contributed by atoms with Crippen LogP contribution in [0.2, 0.25) is 0 Å². The van der Waals surface area contributed by atoms with Gasteiger partial charge in [-0.15, -0.1) is 0 Å². The number of fused-ring (bicyclic) bond motifs is 6. The molecule has 0 bridgehead atoms. The molecule has 0 atom stereocenters. The number of furan rings is 2. The highest BCUT2D eigenvalue weighted by Gasteiger charge is 2.16. The Morgan fingerprint density at radius 2 is 0.613 bits per heavy atom. The van der Waals surface area contributed by atoms with Crippen LogP contribution < -0.4 is 0 Å². The Hall–Kier alpha value is -8.34. The van der Waals surface area contributed by atoms with Gasteiger partial charge in [0.1, 0.15) is 22.3 Å². The highest BCUT2D eigenvalue weighted by atomic mass is 16.3. The monoisotopic (exact) mass is 792 g/mol. The standard InChI is InChI=1S/C58H36N2O2/c1-3-12-37(13-4-1)41-16-11-17-42(30-41)38-22-24-39(25-23-38)52-36-53(60-58(59-52)40-14-5-2-6-15-40)47-32-45(43-26-28-56-50(34-43)48-18-7-9-20-54(48)61-56)31-46(33-47)44-27-29-57-51(35-44)49-19-8-10-21-55(49)62-57/h1-36H. The molecule has 0 fully saturated rings. The van der Waals surface area contributed by atoms with E-state index in [2.05, 4.69) is 176 Å². The van der Waals surface area contributed by atoms with Crippen LogP contribution in [-0.4, -0.2) is 9.97 Å². The summed E-state index contributed by atoms with van der Waals surface area (Å²) in [4.78, 5) is 10.5. The molecule has 0 spiro atoms. The highest BCUT2D eigenvalue weighted by Crippen LogP contribution is 2.39. The van der Waals surface area contributed by atoms with Crippen molar-refractivity contribution in [2.75, 3.05) is 0 Å². The molecule has 3 aromatic heterocycles. The highest BCUT2D eigenvalue weighted by molar-refractivity contribution is 6.07. The quantitative estimate of drug-likeness (QED) is 0.161. The summed E-state index contributed by atoms with van der Waals surface area (Å²) in [6, 6.07) is 76.5. The Bertz CT molecular complexity index is 3490. The number of nitrogens with zero attached hydrogens (tertiary/aromatic N) is 2. The topological polar surface area (TPSA) is 52.1 Å². The molecular formula is C58H36N2O2. The van der Waals surface area contributed by atoms with Crippen LogP contribution in [0.25, 0.3) is 122 Å². The van der Waals surface area contributed by atoms with Crippen molar-refractivity contribution in [1.82, 2.24) is 9.97 Å². The van der Waals surface area contributed by atoms with Crippen molar-refractivity contribution in [3.63, 3.8) is 0 Å². The number of aromatic nitrogens is 2. The third-order valence-electron chi connectivity index (χ3n) is 11.9. The SMILES string of the molecule is c1ccc(-c2cccc(-c3ccc(-c4cc(-c5cc(-c6ccc7oc8ccccc8c7c6)cc(-c6ccc7oc8ccccc8c7c6)c5)nc(-c5ccccc5)n4)cc3)c2)cc1. The molecule has 12 rings (SSSR count). The largest absolute Gasteiger partial charge is 0.456 e. The van der Waals surface area contributed by atoms with Crippen LogP contribution in [-0.2, 0) is 0 Å². The van der Waals surface area contributed by atoms with Gasteiger partial charge in [0.15, 0.2) is 5.82 Å². The normalized spacial score (nSPS) is 11.5. The molecule has 62 heavy (non-hydrogen) atoms. The van der Waals surface area contributed by atoms with Crippen molar-refractivity contribution in [3.8, 4) is 78.4 Å². The van der Waals surface area contributed by atoms with Gasteiger partial charge >= 0.3 is 0 Å². The molecule has 4 heteroatoms. The van der Waals surface area contributed by atoms with Gasteiger partial charge in [-0.3, -0.25) is 0 Å². The number of rotatable bonds is 7. The van der Waals surface area contributed by atoms with Crippen molar-refractivity contribution in [2.45, 2.75) is 0 Å². The Morgan fingerprint density at radius 3 is 1.19 bits per heavy atom. The van der Waals surface area contributed by atoms with Gasteiger partial charge in [0.25, 0.3) is 0 Å². The molecule has 0 N–H and O–H groups in total. The lowest BCUT2D eigenvalue weighted by atomic mass is 9.93. The predicted molar refractivity (Wildman–Crippen MR) is 255 cm³/mol. The van der Waals surface area contributed by atoms with E-state index in [0.717, 1.165) is 99.8 Å². The first-order valence-corrected chi connectivity index (χ1v) is 20.9. The van der Waals surface area contributed by atoms with Crippen molar-refractivity contribution < 1.29 is 8.83 Å². The molecule has 290 valence electrons. The fraction of sp³-hybridized carbons (Fsp3) is 0. The minimum absolute atomic E-state index is 0.669. The smallest absolute Gasteiger partial charge is 0.160 e. The number of benzene rings is 9. The second-order valence-electron chi connectivity index (χ2n) is 15.8. The van der Waals surface area contributed by atoms with Crippen LogP contribution in [0.15, 0.2) is 227 Å². The molecule has 12 aromatic rings. The molecule has 0 aliphatic heterocycles. The van der Waals surface area contributed by atoms with Crippen LogP contribution in [0.3, 0.4) is 0 Å². The number of hydrogen-bond donors (Lipinski definition) is 0. The van der Waals surface area contributed by atoms with Crippen molar-refractivity contribution in [1.29, 1.82) is 0 Å². The minimum Gasteiger partial charge on any atom is -0.456 e. The molecular weight excluding hydrogens is 757 g/mol. The average molecular weight is 793 g/mol. The molecule has 0 amide bonds. The van der Waals surface area contributed by atoms with Gasteiger partial charge < -0.3 is 8.83 Å². The first kappa shape index (κ1) is 35.6. The second-order valence-corrected chi connectivity index (χ2v) is 15.8. The number of para-hydroxylation sites is 2. The first-order chi connectivity index (χ1) is 30.7. The summed E-state index contributed by atoms with van der Waals surface area (Å²) in [5.41, 5.74) is 17.2. The van der Waals surface area contributed by atoms with E-state index in [4.69, 9.17) is 18.8 Å². The summed E-state index contributed by atoms with van der Waals surface area (Å²) in [5.74, 6) is 0.669. The van der Waals surface area contributed by atoms with Crippen LogP contribution in [0, 0.1) is 0 Å². The Labute approximate surface area is 358 Å². The lowest BCUT2D eigenvalue weighted by molar-refractivity contribution is 0.668. The number of hydrogen-bond acceptors (Lipinski definition) is 4. The van der Waals surface area contributed by atoms with Crippen molar-refractivity contribution in [2.24, 2.45) is 0 Å². The summed E-state index contributed by atoms with van der Waals surface area (Å²) in [6.07, 6.45) is 0. The summed E-state index contributed by atoms with van der Waals surface area (Å²) in [7, 11) is 0. The molecule has 3 heterocycles. The van der Waals surface area contributed by atoms with Gasteiger partial charge in [0.05, 0.1) is 11.4 Å². The Morgan fingerprint density at radius 1 is 0.226 bits per heavy atom. The lowest BCUT2D eigenvalue weighted by Crippen LogP contribution is -1.96. The summed E-state index contributed by atoms with van der Waals surface area (Å²) >= 11 is 0. The zero-order valence-electron chi connectivity index (χ0n) is 33.5. The van der Waals surface area contributed by atoms with Crippen molar-refractivity contribution >= 4 is 43.9 Å². The molecule has 0 saturated heterocycles. The van der Waals surface area contributed by atoms with E-state index < -0.39 is 0 Å². The van der Waals surface area contributed by atoms with E-state index in [1.165, 1.54) is 16.7 Å². The molecule has 0 unspecified atom stereocenters. The summed E-state index contributed by atoms with van der Waals surface area (Å²) in [6.45, 7) is 0. The third kappa shape index (κ3) is 6.42. The second kappa shape index (κ2) is 14.7. The molecule has 0 aliphatic carbocycles. The molecule has 0 saturated carbocycles. The maximum Gasteiger partial charge on any atom is 0.160 e. The maximum atomic E-state index is 6.24. The van der Waals surface area contributed by atoms with Gasteiger partial charge in [-0.05, 0) is 111 Å². The first-order valence-electron chi connectivity index (χ1n) is 20.9. The predicted octanol–water partition coefficient (Wildman–Crippen LogP) is 15.9. The lowest BCUT2D eigenvalue weighted by Gasteiger charge is -2.14. The fourth-order valence-electron chi connectivity index (χ4n) is 8.72. The summed E-state index contributed by atoms with van der Waals surface area (Å²) in [5, 5.41) is 4.37.